The van der Waals surface area contributed by atoms with Crippen LogP contribution in [0, 0.1) is 29.0 Å². The van der Waals surface area contributed by atoms with Gasteiger partial charge >= 0.3 is 5.97 Å². The summed E-state index contributed by atoms with van der Waals surface area (Å²) in [4.78, 5) is 14.1. The maximum Gasteiger partial charge on any atom is 0.384 e. The Morgan fingerprint density at radius 2 is 2.40 bits per heavy atom. The molecule has 0 aliphatic rings. The molecule has 0 fully saturated rings. The maximum atomic E-state index is 13.0. The van der Waals surface area contributed by atoms with Gasteiger partial charge in [0.25, 0.3) is 0 Å². The molecule has 1 aromatic rings. The minimum absolute atomic E-state index is 0.205. The van der Waals surface area contributed by atoms with Gasteiger partial charge in [-0.05, 0) is 6.07 Å². The van der Waals surface area contributed by atoms with Crippen molar-refractivity contribution in [1.82, 2.24) is 4.98 Å². The molecule has 1 rings (SSSR count). The lowest BCUT2D eigenvalue weighted by molar-refractivity contribution is -0.133. The number of carbonyl (C=O) groups is 1. The quantitative estimate of drug-likeness (QED) is 0.459. The summed E-state index contributed by atoms with van der Waals surface area (Å²) < 4.78 is 17.3. The van der Waals surface area contributed by atoms with Crippen LogP contribution in [0.15, 0.2) is 12.3 Å². The number of carbonyl (C=O) groups excluding carboxylic acids is 1. The molecular formula is C10H5FN2O2. The molecule has 0 saturated carbocycles. The first kappa shape index (κ1) is 10.7. The predicted octanol–water partition coefficient (Wildman–Crippen LogP) is 0.617. The van der Waals surface area contributed by atoms with Crippen molar-refractivity contribution in [2.75, 3.05) is 7.11 Å². The lowest BCUT2D eigenvalue weighted by atomic mass is 10.2. The molecule has 0 unspecified atom stereocenters. The number of ether oxygens (including phenoxy) is 1. The van der Waals surface area contributed by atoms with E-state index in [-0.39, 0.29) is 11.3 Å². The number of esters is 1. The molecule has 0 atom stereocenters. The second-order valence-corrected chi connectivity index (χ2v) is 2.41. The topological polar surface area (TPSA) is 63.0 Å². The highest BCUT2D eigenvalue weighted by Crippen LogP contribution is 2.04. The van der Waals surface area contributed by atoms with Crippen LogP contribution in [0.25, 0.3) is 0 Å². The fraction of sp³-hybridized carbons (Fsp3) is 0.100. The Morgan fingerprint density at radius 1 is 1.67 bits per heavy atom. The van der Waals surface area contributed by atoms with Gasteiger partial charge in [0.05, 0.1) is 7.11 Å². The second-order valence-electron chi connectivity index (χ2n) is 2.41. The van der Waals surface area contributed by atoms with Gasteiger partial charge in [-0.1, -0.05) is 5.92 Å². The molecule has 74 valence electrons. The molecule has 0 aliphatic carbocycles. The first-order valence-electron chi connectivity index (χ1n) is 3.83. The zero-order valence-corrected chi connectivity index (χ0v) is 7.74. The van der Waals surface area contributed by atoms with Gasteiger partial charge in [-0.2, -0.15) is 5.26 Å². The standard InChI is InChI=1S/C10H5FN2O2/c1-15-10(14)3-2-7-4-8(11)9(5-12)13-6-7/h4,6H,1H3. The highest BCUT2D eigenvalue weighted by atomic mass is 19.1. The van der Waals surface area contributed by atoms with Crippen LogP contribution in [0.3, 0.4) is 0 Å². The average Bonchev–Trinajstić information content (AvgIpc) is 2.26. The molecule has 1 heterocycles. The molecule has 5 heteroatoms. The molecule has 0 N–H and O–H groups in total. The molecule has 15 heavy (non-hydrogen) atoms. The summed E-state index contributed by atoms with van der Waals surface area (Å²) >= 11 is 0. The van der Waals surface area contributed by atoms with Crippen LogP contribution >= 0.6 is 0 Å². The van der Waals surface area contributed by atoms with Crippen LogP contribution in [0.1, 0.15) is 11.3 Å². The summed E-state index contributed by atoms with van der Waals surface area (Å²) in [6.45, 7) is 0. The number of halogens is 1. The summed E-state index contributed by atoms with van der Waals surface area (Å²) in [5, 5.41) is 8.40. The van der Waals surface area contributed by atoms with E-state index in [1.165, 1.54) is 13.3 Å². The molecule has 0 radical (unpaired) electrons. The first-order chi connectivity index (χ1) is 7.17. The molecule has 0 aromatic carbocycles. The maximum absolute atomic E-state index is 13.0. The van der Waals surface area contributed by atoms with E-state index in [2.05, 4.69) is 21.6 Å². The fourth-order valence-corrected chi connectivity index (χ4v) is 0.763. The first-order valence-corrected chi connectivity index (χ1v) is 3.83. The van der Waals surface area contributed by atoms with Gasteiger partial charge in [0.15, 0.2) is 11.5 Å². The number of hydrogen-bond donors (Lipinski definition) is 0. The lowest BCUT2D eigenvalue weighted by Crippen LogP contribution is -1.95. The van der Waals surface area contributed by atoms with Crippen LogP contribution in [0.2, 0.25) is 0 Å². The Balaban J connectivity index is 2.98. The fourth-order valence-electron chi connectivity index (χ4n) is 0.763. The van der Waals surface area contributed by atoms with Gasteiger partial charge < -0.3 is 4.74 Å². The summed E-state index contributed by atoms with van der Waals surface area (Å²) in [6, 6.07) is 2.60. The summed E-state index contributed by atoms with van der Waals surface area (Å²) in [5.74, 6) is 2.97. The highest BCUT2D eigenvalue weighted by Gasteiger charge is 2.02. The minimum atomic E-state index is -0.769. The van der Waals surface area contributed by atoms with Crippen LogP contribution in [-0.2, 0) is 9.53 Å². The van der Waals surface area contributed by atoms with Crippen molar-refractivity contribution < 1.29 is 13.9 Å². The van der Waals surface area contributed by atoms with Crippen molar-refractivity contribution in [3.63, 3.8) is 0 Å². The van der Waals surface area contributed by atoms with Gasteiger partial charge in [-0.15, -0.1) is 0 Å². The van der Waals surface area contributed by atoms with Crippen LogP contribution in [0.5, 0.6) is 0 Å². The number of pyridine rings is 1. The number of nitriles is 1. The van der Waals surface area contributed by atoms with E-state index in [4.69, 9.17) is 5.26 Å². The predicted molar refractivity (Wildman–Crippen MR) is 47.8 cm³/mol. The van der Waals surface area contributed by atoms with E-state index in [0.717, 1.165) is 6.07 Å². The van der Waals surface area contributed by atoms with E-state index in [9.17, 15) is 9.18 Å². The van der Waals surface area contributed by atoms with Crippen molar-refractivity contribution in [1.29, 1.82) is 5.26 Å². The average molecular weight is 204 g/mol. The van der Waals surface area contributed by atoms with Crippen LogP contribution in [0.4, 0.5) is 4.39 Å². The van der Waals surface area contributed by atoms with Gasteiger partial charge in [0.2, 0.25) is 0 Å². The zero-order chi connectivity index (χ0) is 11.3. The number of aromatic nitrogens is 1. The van der Waals surface area contributed by atoms with E-state index < -0.39 is 11.8 Å². The Kier molecular flexibility index (Phi) is 3.37. The third-order valence-corrected chi connectivity index (χ3v) is 1.44. The van der Waals surface area contributed by atoms with Gasteiger partial charge in [-0.3, -0.25) is 0 Å². The summed E-state index contributed by atoms with van der Waals surface area (Å²) in [6.07, 6.45) is 1.21. The molecule has 0 amide bonds. The molecule has 0 bridgehead atoms. The Bertz CT molecular complexity index is 494. The van der Waals surface area contributed by atoms with Crippen molar-refractivity contribution >= 4 is 5.97 Å². The largest absolute Gasteiger partial charge is 0.459 e. The van der Waals surface area contributed by atoms with Crippen molar-refractivity contribution in [3.05, 3.63) is 29.3 Å². The normalized spacial score (nSPS) is 8.33. The Morgan fingerprint density at radius 3 is 2.93 bits per heavy atom. The monoisotopic (exact) mass is 204 g/mol. The second kappa shape index (κ2) is 4.73. The lowest BCUT2D eigenvalue weighted by Gasteiger charge is -1.92. The minimum Gasteiger partial charge on any atom is -0.459 e. The molecule has 0 aliphatic heterocycles. The van der Waals surface area contributed by atoms with E-state index in [1.54, 1.807) is 6.07 Å². The van der Waals surface area contributed by atoms with Crippen molar-refractivity contribution in [2.45, 2.75) is 0 Å². The Labute approximate surface area is 85.3 Å². The molecule has 1 aromatic heterocycles. The molecule has 0 spiro atoms. The zero-order valence-electron chi connectivity index (χ0n) is 7.74. The Hall–Kier alpha value is -2.40. The van der Waals surface area contributed by atoms with Crippen molar-refractivity contribution in [3.8, 4) is 17.9 Å². The number of methoxy groups -OCH3 is 1. The molecule has 0 saturated heterocycles. The van der Waals surface area contributed by atoms with Gasteiger partial charge in [-0.25, -0.2) is 14.2 Å². The van der Waals surface area contributed by atoms with Crippen LogP contribution < -0.4 is 0 Å². The van der Waals surface area contributed by atoms with Crippen molar-refractivity contribution in [2.24, 2.45) is 0 Å². The number of nitrogens with zero attached hydrogens (tertiary/aromatic N) is 2. The van der Waals surface area contributed by atoms with E-state index >= 15 is 0 Å². The molecular weight excluding hydrogens is 199 g/mol. The SMILES string of the molecule is COC(=O)C#Cc1cnc(C#N)c(F)c1. The summed E-state index contributed by atoms with van der Waals surface area (Å²) in [7, 11) is 1.19. The third kappa shape index (κ3) is 2.78. The molecule has 4 nitrogen and oxygen atoms in total. The third-order valence-electron chi connectivity index (χ3n) is 1.44. The number of rotatable bonds is 0. The van der Waals surface area contributed by atoms with Gasteiger partial charge in [0.1, 0.15) is 6.07 Å². The highest BCUT2D eigenvalue weighted by molar-refractivity contribution is 5.88. The van der Waals surface area contributed by atoms with Crippen LogP contribution in [-0.4, -0.2) is 18.1 Å². The smallest absolute Gasteiger partial charge is 0.384 e. The number of hydrogen-bond acceptors (Lipinski definition) is 4. The van der Waals surface area contributed by atoms with E-state index in [0.29, 0.717) is 0 Å². The van der Waals surface area contributed by atoms with Gasteiger partial charge in [0, 0.05) is 17.7 Å². The summed E-state index contributed by atoms with van der Waals surface area (Å²) in [5.41, 5.74) is -0.101. The van der Waals surface area contributed by atoms with E-state index in [1.807, 2.05) is 0 Å².